The summed E-state index contributed by atoms with van der Waals surface area (Å²) < 4.78 is 26.5. The number of halogens is 1. The van der Waals surface area contributed by atoms with Gasteiger partial charge in [0.25, 0.3) is 10.1 Å². The van der Waals surface area contributed by atoms with Crippen molar-refractivity contribution in [1.29, 1.82) is 0 Å². The normalized spacial score (nSPS) is 11.7. The molecule has 0 aliphatic carbocycles. The monoisotopic (exact) mass is 290 g/mol. The second kappa shape index (κ2) is 7.12. The van der Waals surface area contributed by atoms with E-state index in [-0.39, 0.29) is 6.61 Å². The second-order valence-corrected chi connectivity index (χ2v) is 6.40. The van der Waals surface area contributed by atoms with Crippen LogP contribution in [0, 0.1) is 0 Å². The van der Waals surface area contributed by atoms with Crippen molar-refractivity contribution >= 4 is 21.7 Å². The van der Waals surface area contributed by atoms with Crippen LogP contribution in [-0.4, -0.2) is 14.7 Å². The molecule has 0 aromatic heterocycles. The molecule has 0 atom stereocenters. The van der Waals surface area contributed by atoms with Crippen LogP contribution in [0.1, 0.15) is 37.3 Å². The summed E-state index contributed by atoms with van der Waals surface area (Å²) in [7, 11) is -3.43. The van der Waals surface area contributed by atoms with Gasteiger partial charge in [0.05, 0.1) is 12.9 Å². The van der Waals surface area contributed by atoms with Gasteiger partial charge in [0.15, 0.2) is 0 Å². The lowest BCUT2D eigenvalue weighted by molar-refractivity contribution is 0.312. The molecule has 0 bridgehead atoms. The number of unbranched alkanes of at least 4 members (excludes halogenated alkanes) is 2. The largest absolute Gasteiger partial charge is 0.265 e. The van der Waals surface area contributed by atoms with Crippen LogP contribution in [0.15, 0.2) is 18.2 Å². The van der Waals surface area contributed by atoms with Crippen LogP contribution < -0.4 is 0 Å². The molecule has 0 N–H and O–H groups in total. The van der Waals surface area contributed by atoms with Crippen molar-refractivity contribution in [3.8, 4) is 0 Å². The molecule has 0 spiro atoms. The fourth-order valence-electron chi connectivity index (χ4n) is 1.61. The van der Waals surface area contributed by atoms with Crippen LogP contribution in [0.25, 0.3) is 0 Å². The molecule has 102 valence electrons. The molecule has 0 saturated carbocycles. The number of benzene rings is 1. The first kappa shape index (κ1) is 15.5. The Hall–Kier alpha value is -0.580. The van der Waals surface area contributed by atoms with E-state index in [0.717, 1.165) is 19.1 Å². The lowest BCUT2D eigenvalue weighted by atomic mass is 10.1. The molecule has 18 heavy (non-hydrogen) atoms. The van der Waals surface area contributed by atoms with Crippen molar-refractivity contribution in [1.82, 2.24) is 0 Å². The van der Waals surface area contributed by atoms with E-state index in [1.807, 2.05) is 18.2 Å². The van der Waals surface area contributed by atoms with Gasteiger partial charge in [-0.25, -0.2) is 0 Å². The Bertz CT molecular complexity index is 483. The quantitative estimate of drug-likeness (QED) is 0.570. The molecule has 1 rings (SSSR count). The molecule has 0 aliphatic rings. The maximum absolute atomic E-state index is 10.9. The maximum atomic E-state index is 10.9. The molecule has 1 aromatic rings. The molecule has 0 radical (unpaired) electrons. The molecule has 0 amide bonds. The Morgan fingerprint density at radius 2 is 2.00 bits per heavy atom. The molecule has 5 heteroatoms. The van der Waals surface area contributed by atoms with Gasteiger partial charge in [-0.05, 0) is 30.0 Å². The Morgan fingerprint density at radius 1 is 1.28 bits per heavy atom. The van der Waals surface area contributed by atoms with Gasteiger partial charge in [0.1, 0.15) is 0 Å². The fraction of sp³-hybridized carbons (Fsp3) is 0.538. The Balaban J connectivity index is 2.62. The van der Waals surface area contributed by atoms with Crippen molar-refractivity contribution in [2.75, 3.05) is 6.26 Å². The van der Waals surface area contributed by atoms with Crippen molar-refractivity contribution in [2.24, 2.45) is 0 Å². The summed E-state index contributed by atoms with van der Waals surface area (Å²) in [5.41, 5.74) is 1.87. The van der Waals surface area contributed by atoms with E-state index >= 15 is 0 Å². The number of hydrogen-bond acceptors (Lipinski definition) is 3. The first-order valence-electron chi connectivity index (χ1n) is 6.04. The Labute approximate surface area is 114 Å². The average molecular weight is 291 g/mol. The van der Waals surface area contributed by atoms with Crippen molar-refractivity contribution in [3.63, 3.8) is 0 Å². The zero-order valence-electron chi connectivity index (χ0n) is 10.8. The third-order valence-corrected chi connectivity index (χ3v) is 3.51. The van der Waals surface area contributed by atoms with E-state index in [4.69, 9.17) is 15.8 Å². The summed E-state index contributed by atoms with van der Waals surface area (Å²) in [5.74, 6) is 0. The third kappa shape index (κ3) is 5.85. The molecule has 0 saturated heterocycles. The number of hydrogen-bond donors (Lipinski definition) is 0. The highest BCUT2D eigenvalue weighted by atomic mass is 35.5. The van der Waals surface area contributed by atoms with Crippen LogP contribution in [0.2, 0.25) is 5.02 Å². The lowest BCUT2D eigenvalue weighted by Crippen LogP contribution is -2.03. The van der Waals surface area contributed by atoms with Gasteiger partial charge in [-0.3, -0.25) is 4.18 Å². The zero-order chi connectivity index (χ0) is 13.6. The minimum Gasteiger partial charge on any atom is -0.265 e. The van der Waals surface area contributed by atoms with E-state index in [2.05, 4.69) is 6.92 Å². The zero-order valence-corrected chi connectivity index (χ0v) is 12.4. The van der Waals surface area contributed by atoms with Crippen molar-refractivity contribution < 1.29 is 12.6 Å². The van der Waals surface area contributed by atoms with Crippen LogP contribution in [-0.2, 0) is 27.3 Å². The smallest absolute Gasteiger partial charge is 0.264 e. The lowest BCUT2D eigenvalue weighted by Gasteiger charge is -2.07. The highest BCUT2D eigenvalue weighted by Crippen LogP contribution is 2.20. The van der Waals surface area contributed by atoms with E-state index < -0.39 is 10.1 Å². The SMILES string of the molecule is CCCCCc1ccc(COS(C)(=O)=O)c(Cl)c1. The predicted octanol–water partition coefficient (Wildman–Crippen LogP) is 3.55. The molecule has 0 heterocycles. The average Bonchev–Trinajstić information content (AvgIpc) is 2.27. The molecule has 0 fully saturated rings. The topological polar surface area (TPSA) is 43.4 Å². The van der Waals surface area contributed by atoms with E-state index in [1.165, 1.54) is 18.4 Å². The summed E-state index contributed by atoms with van der Waals surface area (Å²) in [6, 6.07) is 5.69. The van der Waals surface area contributed by atoms with Crippen LogP contribution in [0.4, 0.5) is 0 Å². The van der Waals surface area contributed by atoms with Crippen LogP contribution >= 0.6 is 11.6 Å². The molecule has 1 aromatic carbocycles. The summed E-state index contributed by atoms with van der Waals surface area (Å²) in [6.07, 6.45) is 5.57. The van der Waals surface area contributed by atoms with Gasteiger partial charge in [-0.2, -0.15) is 8.42 Å². The molecule has 0 unspecified atom stereocenters. The standard InChI is InChI=1S/C13H19ClO3S/c1-3-4-5-6-11-7-8-12(13(14)9-11)10-17-18(2,15)16/h7-9H,3-6,10H2,1-2H3. The van der Waals surface area contributed by atoms with Gasteiger partial charge >= 0.3 is 0 Å². The molecule has 3 nitrogen and oxygen atoms in total. The van der Waals surface area contributed by atoms with Gasteiger partial charge in [-0.1, -0.05) is 43.5 Å². The highest BCUT2D eigenvalue weighted by molar-refractivity contribution is 7.85. The summed E-state index contributed by atoms with van der Waals surface area (Å²) in [4.78, 5) is 0. The fourth-order valence-corrected chi connectivity index (χ4v) is 2.21. The van der Waals surface area contributed by atoms with Gasteiger partial charge in [0.2, 0.25) is 0 Å². The predicted molar refractivity (Wildman–Crippen MR) is 74.3 cm³/mol. The molecule has 0 aliphatic heterocycles. The van der Waals surface area contributed by atoms with Gasteiger partial charge in [-0.15, -0.1) is 0 Å². The molecular formula is C13H19ClO3S. The Kier molecular flexibility index (Phi) is 6.12. The van der Waals surface area contributed by atoms with E-state index in [9.17, 15) is 8.42 Å². The Morgan fingerprint density at radius 3 is 2.56 bits per heavy atom. The number of rotatable bonds is 7. The summed E-state index contributed by atoms with van der Waals surface area (Å²) >= 11 is 6.10. The first-order valence-corrected chi connectivity index (χ1v) is 8.23. The van der Waals surface area contributed by atoms with Crippen molar-refractivity contribution in [3.05, 3.63) is 34.3 Å². The van der Waals surface area contributed by atoms with Crippen molar-refractivity contribution in [2.45, 2.75) is 39.2 Å². The maximum Gasteiger partial charge on any atom is 0.264 e. The minimum absolute atomic E-state index is 0.00704. The summed E-state index contributed by atoms with van der Waals surface area (Å²) in [5, 5.41) is 0.563. The van der Waals surface area contributed by atoms with Gasteiger partial charge in [0, 0.05) is 5.02 Å². The number of aryl methyl sites for hydroxylation is 1. The minimum atomic E-state index is -3.43. The first-order chi connectivity index (χ1) is 8.42. The van der Waals surface area contributed by atoms with Crippen LogP contribution in [0.3, 0.4) is 0 Å². The van der Waals surface area contributed by atoms with E-state index in [1.54, 1.807) is 0 Å². The van der Waals surface area contributed by atoms with Gasteiger partial charge < -0.3 is 0 Å². The van der Waals surface area contributed by atoms with E-state index in [0.29, 0.717) is 10.6 Å². The summed E-state index contributed by atoms with van der Waals surface area (Å²) in [6.45, 7) is 2.16. The molecular weight excluding hydrogens is 272 g/mol. The van der Waals surface area contributed by atoms with Crippen LogP contribution in [0.5, 0.6) is 0 Å². The third-order valence-electron chi connectivity index (χ3n) is 2.61. The second-order valence-electron chi connectivity index (χ2n) is 4.35. The highest BCUT2D eigenvalue weighted by Gasteiger charge is 2.06.